The lowest BCUT2D eigenvalue weighted by molar-refractivity contribution is -0.121. The number of aryl methyl sites for hydroxylation is 1. The van der Waals surface area contributed by atoms with Gasteiger partial charge in [0.25, 0.3) is 0 Å². The summed E-state index contributed by atoms with van der Waals surface area (Å²) in [6.45, 7) is 6.91. The summed E-state index contributed by atoms with van der Waals surface area (Å²) in [5.41, 5.74) is 1.97. The Bertz CT molecular complexity index is 788. The number of rotatable bonds is 7. The van der Waals surface area contributed by atoms with Gasteiger partial charge in [0.15, 0.2) is 5.65 Å². The van der Waals surface area contributed by atoms with Gasteiger partial charge in [-0.15, -0.1) is 0 Å². The van der Waals surface area contributed by atoms with E-state index in [0.717, 1.165) is 55.8 Å². The minimum atomic E-state index is 0.122. The fourth-order valence-corrected chi connectivity index (χ4v) is 3.53. The number of carbonyl (C=O) groups is 1. The second-order valence-electron chi connectivity index (χ2n) is 7.25. The van der Waals surface area contributed by atoms with Crippen LogP contribution >= 0.6 is 0 Å². The molecule has 27 heavy (non-hydrogen) atoms. The molecule has 0 aromatic carbocycles. The Morgan fingerprint density at radius 3 is 2.74 bits per heavy atom. The largest absolute Gasteiger partial charge is 0.353 e. The number of anilines is 2. The van der Waals surface area contributed by atoms with Crippen LogP contribution in [0.2, 0.25) is 0 Å². The van der Waals surface area contributed by atoms with E-state index >= 15 is 0 Å². The van der Waals surface area contributed by atoms with Crippen molar-refractivity contribution in [3.63, 3.8) is 0 Å². The quantitative estimate of drug-likeness (QED) is 0.775. The fourth-order valence-electron chi connectivity index (χ4n) is 3.53. The number of carbonyl (C=O) groups excluding carboxylic acids is 1. The number of amides is 1. The summed E-state index contributed by atoms with van der Waals surface area (Å²) < 4.78 is 1.81. The van der Waals surface area contributed by atoms with Gasteiger partial charge in [-0.2, -0.15) is 19.6 Å². The van der Waals surface area contributed by atoms with Gasteiger partial charge in [-0.1, -0.05) is 13.8 Å². The molecule has 8 heteroatoms. The van der Waals surface area contributed by atoms with Crippen LogP contribution in [0.4, 0.5) is 11.9 Å². The Labute approximate surface area is 160 Å². The van der Waals surface area contributed by atoms with Gasteiger partial charge < -0.3 is 15.5 Å². The van der Waals surface area contributed by atoms with E-state index in [1.165, 1.54) is 0 Å². The van der Waals surface area contributed by atoms with E-state index in [-0.39, 0.29) is 18.0 Å². The van der Waals surface area contributed by atoms with E-state index in [1.54, 1.807) is 4.52 Å². The zero-order chi connectivity index (χ0) is 19.4. The number of hydrogen-bond donors (Lipinski definition) is 2. The SMILES string of the molecule is CCC(=O)NC1CCCC(Nc2nc(N(C)CC)nc3c(CC)cnn23)C1. The third-order valence-corrected chi connectivity index (χ3v) is 5.32. The molecule has 2 unspecified atom stereocenters. The molecular formula is C19H31N7O. The topological polar surface area (TPSA) is 87.5 Å². The summed E-state index contributed by atoms with van der Waals surface area (Å²) in [5.74, 6) is 1.55. The monoisotopic (exact) mass is 373 g/mol. The van der Waals surface area contributed by atoms with Crippen molar-refractivity contribution in [2.24, 2.45) is 0 Å². The average molecular weight is 374 g/mol. The first-order valence-corrected chi connectivity index (χ1v) is 10.1. The van der Waals surface area contributed by atoms with Gasteiger partial charge in [-0.05, 0) is 39.0 Å². The second kappa shape index (κ2) is 8.54. The first kappa shape index (κ1) is 19.4. The molecule has 1 aliphatic carbocycles. The maximum atomic E-state index is 11.7. The van der Waals surface area contributed by atoms with Gasteiger partial charge in [0.05, 0.1) is 6.20 Å². The summed E-state index contributed by atoms with van der Waals surface area (Å²) >= 11 is 0. The van der Waals surface area contributed by atoms with Crippen LogP contribution in [0.15, 0.2) is 6.20 Å². The van der Waals surface area contributed by atoms with E-state index in [4.69, 9.17) is 9.97 Å². The van der Waals surface area contributed by atoms with Crippen molar-refractivity contribution < 1.29 is 4.79 Å². The summed E-state index contributed by atoms with van der Waals surface area (Å²) in [4.78, 5) is 23.2. The van der Waals surface area contributed by atoms with Crippen molar-refractivity contribution in [1.82, 2.24) is 24.9 Å². The summed E-state index contributed by atoms with van der Waals surface area (Å²) in [6, 6.07) is 0.482. The lowest BCUT2D eigenvalue weighted by atomic mass is 9.91. The smallest absolute Gasteiger partial charge is 0.230 e. The normalized spacial score (nSPS) is 19.9. The van der Waals surface area contributed by atoms with Crippen LogP contribution in [-0.2, 0) is 11.2 Å². The number of nitrogens with zero attached hydrogens (tertiary/aromatic N) is 5. The molecule has 2 atom stereocenters. The van der Waals surface area contributed by atoms with E-state index < -0.39 is 0 Å². The minimum Gasteiger partial charge on any atom is -0.353 e. The van der Waals surface area contributed by atoms with E-state index in [0.29, 0.717) is 12.4 Å². The van der Waals surface area contributed by atoms with E-state index in [9.17, 15) is 4.79 Å². The van der Waals surface area contributed by atoms with Crippen LogP contribution in [0.3, 0.4) is 0 Å². The van der Waals surface area contributed by atoms with Gasteiger partial charge in [-0.3, -0.25) is 4.79 Å². The highest BCUT2D eigenvalue weighted by atomic mass is 16.1. The Balaban J connectivity index is 1.84. The predicted octanol–water partition coefficient (Wildman–Crippen LogP) is 2.39. The highest BCUT2D eigenvalue weighted by Gasteiger charge is 2.24. The summed E-state index contributed by atoms with van der Waals surface area (Å²) in [6.07, 6.45) is 7.36. The van der Waals surface area contributed by atoms with Gasteiger partial charge in [0.1, 0.15) is 0 Å². The van der Waals surface area contributed by atoms with E-state index in [2.05, 4.69) is 29.6 Å². The molecule has 8 nitrogen and oxygen atoms in total. The van der Waals surface area contributed by atoms with Gasteiger partial charge >= 0.3 is 0 Å². The minimum absolute atomic E-state index is 0.122. The fraction of sp³-hybridized carbons (Fsp3) is 0.684. The van der Waals surface area contributed by atoms with Crippen LogP contribution in [0.25, 0.3) is 5.65 Å². The van der Waals surface area contributed by atoms with Crippen molar-refractivity contribution in [1.29, 1.82) is 0 Å². The molecule has 2 aromatic heterocycles. The van der Waals surface area contributed by atoms with Crippen molar-refractivity contribution in [2.45, 2.75) is 71.4 Å². The number of aromatic nitrogens is 4. The van der Waals surface area contributed by atoms with Crippen molar-refractivity contribution in [3.8, 4) is 0 Å². The second-order valence-corrected chi connectivity index (χ2v) is 7.25. The first-order valence-electron chi connectivity index (χ1n) is 10.1. The molecule has 1 aliphatic rings. The number of hydrogen-bond acceptors (Lipinski definition) is 6. The molecule has 0 spiro atoms. The zero-order valence-corrected chi connectivity index (χ0v) is 16.8. The molecule has 2 N–H and O–H groups in total. The van der Waals surface area contributed by atoms with Crippen molar-refractivity contribution in [3.05, 3.63) is 11.8 Å². The van der Waals surface area contributed by atoms with Gasteiger partial charge in [0.2, 0.25) is 17.8 Å². The molecule has 1 amide bonds. The molecule has 0 saturated heterocycles. The molecule has 0 radical (unpaired) electrons. The molecule has 3 rings (SSSR count). The Morgan fingerprint density at radius 1 is 1.26 bits per heavy atom. The maximum absolute atomic E-state index is 11.7. The van der Waals surface area contributed by atoms with Gasteiger partial charge in [-0.25, -0.2) is 0 Å². The molecule has 1 fully saturated rings. The molecule has 2 aromatic rings. The highest BCUT2D eigenvalue weighted by molar-refractivity contribution is 5.75. The molecule has 2 heterocycles. The van der Waals surface area contributed by atoms with Crippen molar-refractivity contribution in [2.75, 3.05) is 23.8 Å². The molecular weight excluding hydrogens is 342 g/mol. The van der Waals surface area contributed by atoms with Crippen LogP contribution < -0.4 is 15.5 Å². The van der Waals surface area contributed by atoms with Crippen LogP contribution in [0, 0.1) is 0 Å². The van der Waals surface area contributed by atoms with Crippen LogP contribution in [-0.4, -0.2) is 51.2 Å². The number of fused-ring (bicyclic) bond motifs is 1. The van der Waals surface area contributed by atoms with Gasteiger partial charge in [0, 0.05) is 37.7 Å². The Morgan fingerprint density at radius 2 is 2.04 bits per heavy atom. The van der Waals surface area contributed by atoms with Crippen LogP contribution in [0.5, 0.6) is 0 Å². The molecule has 1 saturated carbocycles. The average Bonchev–Trinajstić information content (AvgIpc) is 3.10. The zero-order valence-electron chi connectivity index (χ0n) is 16.8. The summed E-state index contributed by atoms with van der Waals surface area (Å²) in [5, 5.41) is 11.2. The Kier molecular flexibility index (Phi) is 6.13. The summed E-state index contributed by atoms with van der Waals surface area (Å²) in [7, 11) is 1.99. The maximum Gasteiger partial charge on any atom is 0.230 e. The highest BCUT2D eigenvalue weighted by Crippen LogP contribution is 2.24. The predicted molar refractivity (Wildman–Crippen MR) is 107 cm³/mol. The first-order chi connectivity index (χ1) is 13.0. The van der Waals surface area contributed by atoms with E-state index in [1.807, 2.05) is 25.1 Å². The lowest BCUT2D eigenvalue weighted by Gasteiger charge is -2.30. The Hall–Kier alpha value is -2.38. The third kappa shape index (κ3) is 4.31. The number of nitrogens with one attached hydrogen (secondary N) is 2. The molecule has 0 aliphatic heterocycles. The third-order valence-electron chi connectivity index (χ3n) is 5.32. The molecule has 0 bridgehead atoms. The molecule has 148 valence electrons. The van der Waals surface area contributed by atoms with Crippen LogP contribution in [0.1, 0.15) is 58.4 Å². The van der Waals surface area contributed by atoms with Crippen molar-refractivity contribution >= 4 is 23.5 Å². The standard InChI is InChI=1S/C19H31N7O/c1-5-13-12-20-26-17(13)23-18(25(4)7-3)24-19(26)22-15-10-8-9-14(11-15)21-16(27)6-2/h12,14-15H,5-11H2,1-4H3,(H,21,27)(H,22,23,24). The lowest BCUT2D eigenvalue weighted by Crippen LogP contribution is -2.41.